The van der Waals surface area contributed by atoms with E-state index in [0.717, 1.165) is 4.83 Å². The van der Waals surface area contributed by atoms with Gasteiger partial charge in [0.2, 0.25) is 4.83 Å². The van der Waals surface area contributed by atoms with E-state index in [-0.39, 0.29) is 0 Å². The van der Waals surface area contributed by atoms with E-state index >= 15 is 0 Å². The van der Waals surface area contributed by atoms with Crippen molar-refractivity contribution in [3.05, 3.63) is 42.4 Å². The average Bonchev–Trinajstić information content (AvgIpc) is 3.00. The maximum absolute atomic E-state index is 4.60. The van der Waals surface area contributed by atoms with Crippen LogP contribution in [0.4, 0.5) is 0 Å². The third kappa shape index (κ3) is 1.04. The monoisotopic (exact) mass is 278 g/mol. The summed E-state index contributed by atoms with van der Waals surface area (Å²) in [6, 6.07) is 8.72. The summed E-state index contributed by atoms with van der Waals surface area (Å²) < 4.78 is 5.77. The molecule has 0 spiro atoms. The molecule has 0 bridgehead atoms. The van der Waals surface area contributed by atoms with Gasteiger partial charge in [0.05, 0.1) is 22.8 Å². The first kappa shape index (κ1) is 10.6. The Morgan fingerprint density at radius 1 is 1.20 bits per heavy atom. The molecule has 4 aromatic heterocycles. The first-order chi connectivity index (χ1) is 9.75. The SMILES string of the molecule is Cc1cccc2c1c1c3c(nc[n+]1C)sc1ccn2c13. The van der Waals surface area contributed by atoms with Crippen LogP contribution in [0.1, 0.15) is 5.56 Å². The predicted molar refractivity (Wildman–Crippen MR) is 82.7 cm³/mol. The van der Waals surface area contributed by atoms with Crippen molar-refractivity contribution in [2.75, 3.05) is 0 Å². The van der Waals surface area contributed by atoms with Crippen LogP contribution in [-0.2, 0) is 7.05 Å². The molecule has 0 aliphatic rings. The Morgan fingerprint density at radius 2 is 2.10 bits per heavy atom. The molecule has 0 fully saturated rings. The Kier molecular flexibility index (Phi) is 1.73. The van der Waals surface area contributed by atoms with Gasteiger partial charge >= 0.3 is 0 Å². The van der Waals surface area contributed by atoms with Gasteiger partial charge in [-0.25, -0.2) is 4.57 Å². The Labute approximate surface area is 119 Å². The Morgan fingerprint density at radius 3 is 3.00 bits per heavy atom. The molecule has 0 radical (unpaired) electrons. The van der Waals surface area contributed by atoms with E-state index in [1.807, 2.05) is 6.33 Å². The molecule has 0 saturated heterocycles. The minimum absolute atomic E-state index is 1.13. The zero-order valence-electron chi connectivity index (χ0n) is 11.2. The quantitative estimate of drug-likeness (QED) is 0.314. The van der Waals surface area contributed by atoms with Gasteiger partial charge in [-0.2, -0.15) is 0 Å². The minimum Gasteiger partial charge on any atom is -0.314 e. The van der Waals surface area contributed by atoms with Crippen molar-refractivity contribution in [1.82, 2.24) is 9.38 Å². The van der Waals surface area contributed by atoms with E-state index in [4.69, 9.17) is 0 Å². The molecule has 0 saturated carbocycles. The summed E-state index contributed by atoms with van der Waals surface area (Å²) in [5, 5.41) is 2.62. The highest BCUT2D eigenvalue weighted by Gasteiger charge is 2.23. The molecule has 1 aromatic carbocycles. The Hall–Kier alpha value is -2.20. The fourth-order valence-electron chi connectivity index (χ4n) is 3.34. The number of rotatable bonds is 0. The van der Waals surface area contributed by atoms with E-state index in [2.05, 4.69) is 58.4 Å². The lowest BCUT2D eigenvalue weighted by Gasteiger charge is -2.09. The number of pyridine rings is 1. The van der Waals surface area contributed by atoms with E-state index in [1.54, 1.807) is 11.3 Å². The van der Waals surface area contributed by atoms with Crippen LogP contribution < -0.4 is 4.57 Å². The summed E-state index contributed by atoms with van der Waals surface area (Å²) in [7, 11) is 2.08. The van der Waals surface area contributed by atoms with Gasteiger partial charge in [-0.05, 0) is 29.6 Å². The molecule has 5 aromatic rings. The summed E-state index contributed by atoms with van der Waals surface area (Å²) >= 11 is 1.78. The number of thiophene rings is 1. The van der Waals surface area contributed by atoms with Crippen molar-refractivity contribution in [2.24, 2.45) is 7.05 Å². The maximum atomic E-state index is 4.60. The number of benzene rings is 1. The molecule has 96 valence electrons. The lowest BCUT2D eigenvalue weighted by Crippen LogP contribution is -2.29. The lowest BCUT2D eigenvalue weighted by molar-refractivity contribution is -0.646. The molecule has 0 aliphatic heterocycles. The molecule has 0 atom stereocenters. The molecule has 5 rings (SSSR count). The van der Waals surface area contributed by atoms with Gasteiger partial charge in [0.1, 0.15) is 5.39 Å². The zero-order valence-corrected chi connectivity index (χ0v) is 12.0. The predicted octanol–water partition coefficient (Wildman–Crippen LogP) is 3.43. The highest BCUT2D eigenvalue weighted by atomic mass is 32.1. The molecular weight excluding hydrogens is 266 g/mol. The zero-order chi connectivity index (χ0) is 13.4. The van der Waals surface area contributed by atoms with Crippen molar-refractivity contribution >= 4 is 48.2 Å². The highest BCUT2D eigenvalue weighted by molar-refractivity contribution is 7.25. The third-order valence-electron chi connectivity index (χ3n) is 4.19. The maximum Gasteiger partial charge on any atom is 0.288 e. The standard InChI is InChI=1S/C16H12N3S/c1-9-4-3-5-10-12(9)15-13-14-11(6-7-19(10)14)20-16(13)17-8-18(15)2/h3-8H,1-2H3/q+1. The molecular formula is C16H12N3S+. The van der Waals surface area contributed by atoms with E-state index in [0.29, 0.717) is 0 Å². The molecule has 3 nitrogen and oxygen atoms in total. The minimum atomic E-state index is 1.13. The molecule has 0 amide bonds. The topological polar surface area (TPSA) is 21.2 Å². The number of aryl methyl sites for hydroxylation is 2. The smallest absolute Gasteiger partial charge is 0.288 e. The van der Waals surface area contributed by atoms with E-state index in [9.17, 15) is 0 Å². The van der Waals surface area contributed by atoms with Crippen molar-refractivity contribution in [1.29, 1.82) is 0 Å². The number of hydrogen-bond donors (Lipinski definition) is 0. The van der Waals surface area contributed by atoms with Crippen LogP contribution in [0.15, 0.2) is 36.8 Å². The number of fused-ring (bicyclic) bond motifs is 3. The van der Waals surface area contributed by atoms with Gasteiger partial charge in [-0.3, -0.25) is 0 Å². The summed E-state index contributed by atoms with van der Waals surface area (Å²) in [6.07, 6.45) is 4.10. The van der Waals surface area contributed by atoms with Gasteiger partial charge in [0.15, 0.2) is 5.52 Å². The normalized spacial score (nSPS) is 12.5. The van der Waals surface area contributed by atoms with Crippen molar-refractivity contribution in [3.63, 3.8) is 0 Å². The summed E-state index contributed by atoms with van der Waals surface area (Å²) in [5.74, 6) is 0. The second kappa shape index (κ2) is 3.27. The number of aromatic nitrogens is 3. The summed E-state index contributed by atoms with van der Waals surface area (Å²) in [6.45, 7) is 2.18. The van der Waals surface area contributed by atoms with Gasteiger partial charge in [0.25, 0.3) is 6.33 Å². The Bertz CT molecular complexity index is 1120. The lowest BCUT2D eigenvalue weighted by atomic mass is 10.1. The third-order valence-corrected chi connectivity index (χ3v) is 5.24. The van der Waals surface area contributed by atoms with Crippen LogP contribution in [0.3, 0.4) is 0 Å². The van der Waals surface area contributed by atoms with Crippen molar-refractivity contribution in [2.45, 2.75) is 6.92 Å². The number of hydrogen-bond acceptors (Lipinski definition) is 2. The van der Waals surface area contributed by atoms with E-state index < -0.39 is 0 Å². The van der Waals surface area contributed by atoms with Crippen molar-refractivity contribution < 1.29 is 4.57 Å². The molecule has 20 heavy (non-hydrogen) atoms. The number of nitrogens with zero attached hydrogens (tertiary/aromatic N) is 3. The van der Waals surface area contributed by atoms with Crippen LogP contribution in [0, 0.1) is 6.92 Å². The van der Waals surface area contributed by atoms with Crippen LogP contribution in [0.5, 0.6) is 0 Å². The Balaban J connectivity index is 2.35. The second-order valence-electron chi connectivity index (χ2n) is 5.35. The first-order valence-corrected chi connectivity index (χ1v) is 7.46. The van der Waals surface area contributed by atoms with Crippen LogP contribution in [0.2, 0.25) is 0 Å². The first-order valence-electron chi connectivity index (χ1n) is 6.64. The molecule has 0 unspecified atom stereocenters. The van der Waals surface area contributed by atoms with Gasteiger partial charge in [0, 0.05) is 11.6 Å². The second-order valence-corrected chi connectivity index (χ2v) is 6.38. The van der Waals surface area contributed by atoms with Crippen LogP contribution in [0.25, 0.3) is 36.9 Å². The molecule has 4 heteroatoms. The fourth-order valence-corrected chi connectivity index (χ4v) is 4.37. The van der Waals surface area contributed by atoms with Crippen LogP contribution >= 0.6 is 11.3 Å². The highest BCUT2D eigenvalue weighted by Crippen LogP contribution is 2.39. The van der Waals surface area contributed by atoms with Gasteiger partial charge < -0.3 is 4.40 Å². The van der Waals surface area contributed by atoms with Gasteiger partial charge in [-0.1, -0.05) is 23.5 Å². The summed E-state index contributed by atoms with van der Waals surface area (Å²) in [5.41, 5.74) is 5.18. The van der Waals surface area contributed by atoms with Gasteiger partial charge in [-0.15, -0.1) is 0 Å². The fraction of sp³-hybridized carbons (Fsp3) is 0.125. The van der Waals surface area contributed by atoms with E-state index in [1.165, 1.54) is 37.6 Å². The van der Waals surface area contributed by atoms with Crippen LogP contribution in [-0.4, -0.2) is 9.38 Å². The largest absolute Gasteiger partial charge is 0.314 e. The van der Waals surface area contributed by atoms with Crippen molar-refractivity contribution in [3.8, 4) is 0 Å². The average molecular weight is 278 g/mol. The molecule has 4 heterocycles. The summed E-state index contributed by atoms with van der Waals surface area (Å²) in [4.78, 5) is 5.73. The molecule has 0 N–H and O–H groups in total. The molecule has 0 aliphatic carbocycles.